The van der Waals surface area contributed by atoms with Crippen LogP contribution in [0.5, 0.6) is 0 Å². The third-order valence-corrected chi connectivity index (χ3v) is 3.22. The van der Waals surface area contributed by atoms with Crippen LogP contribution in [0, 0.1) is 0 Å². The van der Waals surface area contributed by atoms with Crippen LogP contribution in [0.1, 0.15) is 44.1 Å². The molecule has 1 rings (SSSR count). The first-order chi connectivity index (χ1) is 10.0. The van der Waals surface area contributed by atoms with Gasteiger partial charge in [0.25, 0.3) is 5.91 Å². The summed E-state index contributed by atoms with van der Waals surface area (Å²) in [7, 11) is 0. The molecule has 0 atom stereocenters. The molecule has 0 aliphatic heterocycles. The van der Waals surface area contributed by atoms with Gasteiger partial charge in [0.05, 0.1) is 5.69 Å². The number of nitrogens with zero attached hydrogens (tertiary/aromatic N) is 1. The molecule has 22 heavy (non-hydrogen) atoms. The fourth-order valence-electron chi connectivity index (χ4n) is 1.95. The number of hydroxylamine groups is 1. The standard InChI is InChI=1S/C15H23N3O3.ClH/c16-11-12-7-9-13(10-8-12)18(21)15(20)6-4-2-1-3-5-14(17)19;/h7-10,21H,1-6,11,16H2,(H2,17,19);1H. The second kappa shape index (κ2) is 11.0. The van der Waals surface area contributed by atoms with E-state index in [4.69, 9.17) is 11.5 Å². The molecule has 1 aromatic rings. The summed E-state index contributed by atoms with van der Waals surface area (Å²) in [4.78, 5) is 22.4. The fourth-order valence-corrected chi connectivity index (χ4v) is 1.95. The Labute approximate surface area is 136 Å². The summed E-state index contributed by atoms with van der Waals surface area (Å²) >= 11 is 0. The topological polar surface area (TPSA) is 110 Å². The Morgan fingerprint density at radius 3 is 2.05 bits per heavy atom. The number of anilines is 1. The van der Waals surface area contributed by atoms with Gasteiger partial charge in [0, 0.05) is 19.4 Å². The summed E-state index contributed by atoms with van der Waals surface area (Å²) < 4.78 is 0. The van der Waals surface area contributed by atoms with Crippen LogP contribution in [-0.4, -0.2) is 17.0 Å². The number of unbranched alkanes of at least 4 members (excludes halogenated alkanes) is 3. The molecule has 0 saturated carbocycles. The lowest BCUT2D eigenvalue weighted by molar-refractivity contribution is -0.123. The van der Waals surface area contributed by atoms with Crippen LogP contribution < -0.4 is 16.5 Å². The molecule has 2 amide bonds. The number of hydrogen-bond donors (Lipinski definition) is 3. The number of amides is 2. The van der Waals surface area contributed by atoms with E-state index in [2.05, 4.69) is 0 Å². The molecule has 0 radical (unpaired) electrons. The SMILES string of the molecule is Cl.NCc1ccc(N(O)C(=O)CCCCCCC(N)=O)cc1. The number of carbonyl (C=O) groups is 2. The number of rotatable bonds is 9. The molecule has 0 fully saturated rings. The van der Waals surface area contributed by atoms with E-state index in [1.165, 1.54) is 0 Å². The zero-order valence-electron chi connectivity index (χ0n) is 12.5. The molecule has 0 heterocycles. The van der Waals surface area contributed by atoms with Crippen LogP contribution in [-0.2, 0) is 16.1 Å². The molecule has 7 heteroatoms. The summed E-state index contributed by atoms with van der Waals surface area (Å²) in [6.07, 6.45) is 3.76. The normalized spacial score (nSPS) is 9.91. The molecule has 124 valence electrons. The highest BCUT2D eigenvalue weighted by Crippen LogP contribution is 2.15. The van der Waals surface area contributed by atoms with Gasteiger partial charge >= 0.3 is 0 Å². The average Bonchev–Trinajstić information content (AvgIpc) is 2.49. The minimum Gasteiger partial charge on any atom is -0.370 e. The molecule has 0 spiro atoms. The van der Waals surface area contributed by atoms with E-state index in [0.717, 1.165) is 24.8 Å². The lowest BCUT2D eigenvalue weighted by Gasteiger charge is -2.15. The van der Waals surface area contributed by atoms with Crippen LogP contribution in [0.15, 0.2) is 24.3 Å². The van der Waals surface area contributed by atoms with Crippen LogP contribution in [0.2, 0.25) is 0 Å². The van der Waals surface area contributed by atoms with E-state index in [1.54, 1.807) is 24.3 Å². The maximum atomic E-state index is 11.8. The van der Waals surface area contributed by atoms with Crippen molar-refractivity contribution in [2.75, 3.05) is 5.06 Å². The third-order valence-electron chi connectivity index (χ3n) is 3.22. The molecule has 0 aliphatic rings. The van der Waals surface area contributed by atoms with E-state index in [-0.39, 0.29) is 30.6 Å². The number of benzene rings is 1. The van der Waals surface area contributed by atoms with Gasteiger partial charge < -0.3 is 11.5 Å². The minimum atomic E-state index is -0.342. The first-order valence-corrected chi connectivity index (χ1v) is 7.13. The highest BCUT2D eigenvalue weighted by Gasteiger charge is 2.12. The van der Waals surface area contributed by atoms with E-state index in [9.17, 15) is 14.8 Å². The van der Waals surface area contributed by atoms with Gasteiger partial charge in [-0.3, -0.25) is 14.8 Å². The van der Waals surface area contributed by atoms with Crippen molar-refractivity contribution in [2.24, 2.45) is 11.5 Å². The summed E-state index contributed by atoms with van der Waals surface area (Å²) in [5, 5.41) is 10.5. The number of hydrogen-bond acceptors (Lipinski definition) is 4. The van der Waals surface area contributed by atoms with Crippen LogP contribution in [0.25, 0.3) is 0 Å². The molecule has 1 aromatic carbocycles. The minimum absolute atomic E-state index is 0. The van der Waals surface area contributed by atoms with Crippen molar-refractivity contribution in [2.45, 2.75) is 45.1 Å². The maximum Gasteiger partial charge on any atom is 0.250 e. The molecule has 0 saturated heterocycles. The van der Waals surface area contributed by atoms with Crippen LogP contribution >= 0.6 is 12.4 Å². The van der Waals surface area contributed by atoms with Gasteiger partial charge in [-0.2, -0.15) is 5.06 Å². The fraction of sp³-hybridized carbons (Fsp3) is 0.467. The Bertz CT molecular complexity index is 466. The molecule has 0 aliphatic carbocycles. The predicted octanol–water partition coefficient (Wildman–Crippen LogP) is 2.12. The largest absolute Gasteiger partial charge is 0.370 e. The maximum absolute atomic E-state index is 11.8. The Kier molecular flexibility index (Phi) is 10.2. The van der Waals surface area contributed by atoms with E-state index in [0.29, 0.717) is 30.1 Å². The highest BCUT2D eigenvalue weighted by atomic mass is 35.5. The average molecular weight is 330 g/mol. The van der Waals surface area contributed by atoms with Crippen molar-refractivity contribution in [3.8, 4) is 0 Å². The van der Waals surface area contributed by atoms with Crippen molar-refractivity contribution in [1.29, 1.82) is 0 Å². The molecule has 0 bridgehead atoms. The second-order valence-electron chi connectivity index (χ2n) is 4.96. The third kappa shape index (κ3) is 7.40. The Hall–Kier alpha value is -1.63. The molecular weight excluding hydrogens is 306 g/mol. The quantitative estimate of drug-likeness (QED) is 0.366. The number of nitrogens with two attached hydrogens (primary N) is 2. The highest BCUT2D eigenvalue weighted by molar-refractivity contribution is 5.90. The summed E-state index contributed by atoms with van der Waals surface area (Å²) in [5.41, 5.74) is 11.9. The van der Waals surface area contributed by atoms with Gasteiger partial charge in [-0.15, -0.1) is 12.4 Å². The van der Waals surface area contributed by atoms with E-state index >= 15 is 0 Å². The van der Waals surface area contributed by atoms with Crippen LogP contribution in [0.3, 0.4) is 0 Å². The summed E-state index contributed by atoms with van der Waals surface area (Å²) in [6, 6.07) is 6.87. The van der Waals surface area contributed by atoms with Gasteiger partial charge in [-0.25, -0.2) is 0 Å². The van der Waals surface area contributed by atoms with Crippen molar-refractivity contribution >= 4 is 29.9 Å². The van der Waals surface area contributed by atoms with Crippen LogP contribution in [0.4, 0.5) is 5.69 Å². The van der Waals surface area contributed by atoms with Crippen molar-refractivity contribution < 1.29 is 14.8 Å². The zero-order chi connectivity index (χ0) is 15.7. The van der Waals surface area contributed by atoms with E-state index < -0.39 is 0 Å². The number of primary amides is 1. The molecule has 0 aromatic heterocycles. The smallest absolute Gasteiger partial charge is 0.250 e. The lowest BCUT2D eigenvalue weighted by Crippen LogP contribution is -2.26. The molecule has 0 unspecified atom stereocenters. The molecule has 6 nitrogen and oxygen atoms in total. The zero-order valence-corrected chi connectivity index (χ0v) is 13.3. The monoisotopic (exact) mass is 329 g/mol. The van der Waals surface area contributed by atoms with Gasteiger partial charge in [-0.1, -0.05) is 25.0 Å². The molecule has 5 N–H and O–H groups in total. The number of carbonyl (C=O) groups excluding carboxylic acids is 2. The lowest BCUT2D eigenvalue weighted by atomic mass is 10.1. The summed E-state index contributed by atoms with van der Waals surface area (Å²) in [6.45, 7) is 0.422. The van der Waals surface area contributed by atoms with Gasteiger partial charge in [-0.05, 0) is 30.5 Å². The predicted molar refractivity (Wildman–Crippen MR) is 87.8 cm³/mol. The first kappa shape index (κ1) is 20.4. The Morgan fingerprint density at radius 2 is 1.55 bits per heavy atom. The van der Waals surface area contributed by atoms with Gasteiger partial charge in [0.2, 0.25) is 5.91 Å². The number of halogens is 1. The van der Waals surface area contributed by atoms with E-state index in [1.807, 2.05) is 0 Å². The van der Waals surface area contributed by atoms with Gasteiger partial charge in [0.1, 0.15) is 0 Å². The Balaban J connectivity index is 0.00000441. The van der Waals surface area contributed by atoms with Crippen molar-refractivity contribution in [1.82, 2.24) is 0 Å². The summed E-state index contributed by atoms with van der Waals surface area (Å²) in [5.74, 6) is -0.640. The van der Waals surface area contributed by atoms with Gasteiger partial charge in [0.15, 0.2) is 0 Å². The first-order valence-electron chi connectivity index (χ1n) is 7.13. The van der Waals surface area contributed by atoms with Crippen molar-refractivity contribution in [3.63, 3.8) is 0 Å². The molecular formula is C15H24ClN3O3. The second-order valence-corrected chi connectivity index (χ2v) is 4.96. The van der Waals surface area contributed by atoms with Crippen molar-refractivity contribution in [3.05, 3.63) is 29.8 Å². The Morgan fingerprint density at radius 1 is 1.00 bits per heavy atom.